The summed E-state index contributed by atoms with van der Waals surface area (Å²) in [7, 11) is 1.50. The van der Waals surface area contributed by atoms with Crippen LogP contribution in [0.5, 0.6) is 11.5 Å². The van der Waals surface area contributed by atoms with Crippen LogP contribution in [0.2, 0.25) is 10.0 Å². The minimum Gasteiger partial charge on any atom is -0.493 e. The molecule has 0 aromatic heterocycles. The van der Waals surface area contributed by atoms with Gasteiger partial charge in [0, 0.05) is 27.7 Å². The summed E-state index contributed by atoms with van der Waals surface area (Å²) in [6.45, 7) is 0.323. The number of benzene rings is 3. The average Bonchev–Trinajstić information content (AvgIpc) is 2.83. The van der Waals surface area contributed by atoms with E-state index in [4.69, 9.17) is 32.7 Å². The maximum atomic E-state index is 12.0. The van der Waals surface area contributed by atoms with Gasteiger partial charge < -0.3 is 14.8 Å². The molecular weight excluding hydrogens is 465 g/mol. The van der Waals surface area contributed by atoms with Crippen molar-refractivity contribution in [2.45, 2.75) is 13.2 Å². The molecule has 0 spiro atoms. The lowest BCUT2D eigenvalue weighted by Gasteiger charge is -2.14. The third kappa shape index (κ3) is 6.71. The lowest BCUT2D eigenvalue weighted by Crippen LogP contribution is -2.37. The van der Waals surface area contributed by atoms with Gasteiger partial charge in [-0.3, -0.25) is 9.59 Å². The molecule has 3 rings (SSSR count). The van der Waals surface area contributed by atoms with Crippen molar-refractivity contribution in [1.29, 1.82) is 0 Å². The SMILES string of the molecule is COc1cccc(/C=N\NC(=O)C(=O)NCc2ccccc2)c1OCc1c(Cl)cccc1Cl. The van der Waals surface area contributed by atoms with Gasteiger partial charge >= 0.3 is 11.8 Å². The van der Waals surface area contributed by atoms with E-state index in [9.17, 15) is 9.59 Å². The van der Waals surface area contributed by atoms with Gasteiger partial charge in [0.05, 0.1) is 13.3 Å². The number of hydrazone groups is 1. The number of halogens is 2. The summed E-state index contributed by atoms with van der Waals surface area (Å²) < 4.78 is 11.3. The summed E-state index contributed by atoms with van der Waals surface area (Å²) in [5.41, 5.74) is 4.22. The standard InChI is InChI=1S/C24H21Cl2N3O4/c1-32-21-12-5-9-17(22(21)33-15-18-19(25)10-6-11-20(18)26)14-28-29-24(31)23(30)27-13-16-7-3-2-4-8-16/h2-12,14H,13,15H2,1H3,(H,27,30)(H,29,31)/b28-14-. The van der Waals surface area contributed by atoms with Crippen LogP contribution < -0.4 is 20.2 Å². The van der Waals surface area contributed by atoms with Crippen LogP contribution in [0, 0.1) is 0 Å². The van der Waals surface area contributed by atoms with Gasteiger partial charge in [-0.05, 0) is 29.8 Å². The predicted octanol–water partition coefficient (Wildman–Crippen LogP) is 4.35. The molecule has 0 bridgehead atoms. The zero-order chi connectivity index (χ0) is 23.6. The van der Waals surface area contributed by atoms with Crippen LogP contribution in [-0.4, -0.2) is 25.1 Å². The lowest BCUT2D eigenvalue weighted by molar-refractivity contribution is -0.139. The van der Waals surface area contributed by atoms with Crippen LogP contribution in [0.15, 0.2) is 71.8 Å². The lowest BCUT2D eigenvalue weighted by atomic mass is 10.2. The van der Waals surface area contributed by atoms with Crippen LogP contribution in [-0.2, 0) is 22.7 Å². The zero-order valence-corrected chi connectivity index (χ0v) is 19.2. The molecule has 3 aromatic rings. The Labute approximate surface area is 201 Å². The fourth-order valence-corrected chi connectivity index (χ4v) is 3.34. The minimum atomic E-state index is -0.893. The molecule has 2 N–H and O–H groups in total. The van der Waals surface area contributed by atoms with Crippen molar-refractivity contribution in [3.8, 4) is 11.5 Å². The topological polar surface area (TPSA) is 89.0 Å². The third-order valence-corrected chi connectivity index (χ3v) is 5.23. The number of carbonyl (C=O) groups excluding carboxylic acids is 2. The zero-order valence-electron chi connectivity index (χ0n) is 17.7. The maximum Gasteiger partial charge on any atom is 0.329 e. The summed E-state index contributed by atoms with van der Waals surface area (Å²) in [6, 6.07) is 19.6. The Morgan fingerprint density at radius 3 is 2.33 bits per heavy atom. The van der Waals surface area contributed by atoms with E-state index < -0.39 is 11.8 Å². The molecule has 7 nitrogen and oxygen atoms in total. The first kappa shape index (κ1) is 24.1. The van der Waals surface area contributed by atoms with E-state index in [1.807, 2.05) is 30.3 Å². The molecule has 0 atom stereocenters. The molecule has 0 aliphatic heterocycles. The van der Waals surface area contributed by atoms with Gasteiger partial charge in [-0.2, -0.15) is 5.10 Å². The van der Waals surface area contributed by atoms with Gasteiger partial charge in [0.25, 0.3) is 0 Å². The molecule has 0 radical (unpaired) electrons. The monoisotopic (exact) mass is 485 g/mol. The second-order valence-electron chi connectivity index (χ2n) is 6.73. The largest absolute Gasteiger partial charge is 0.493 e. The van der Waals surface area contributed by atoms with E-state index in [0.717, 1.165) is 5.56 Å². The van der Waals surface area contributed by atoms with E-state index >= 15 is 0 Å². The van der Waals surface area contributed by atoms with E-state index in [0.29, 0.717) is 32.7 Å². The highest BCUT2D eigenvalue weighted by Crippen LogP contribution is 2.32. The van der Waals surface area contributed by atoms with Crippen molar-refractivity contribution in [2.24, 2.45) is 5.10 Å². The molecular formula is C24H21Cl2N3O4. The van der Waals surface area contributed by atoms with Crippen molar-refractivity contribution in [1.82, 2.24) is 10.7 Å². The Hall–Kier alpha value is -3.55. The summed E-state index contributed by atoms with van der Waals surface area (Å²) in [5, 5.41) is 7.35. The fourth-order valence-electron chi connectivity index (χ4n) is 2.83. The quantitative estimate of drug-likeness (QED) is 0.282. The number of hydrogen-bond acceptors (Lipinski definition) is 5. The van der Waals surface area contributed by atoms with Crippen molar-refractivity contribution >= 4 is 41.2 Å². The molecule has 3 aromatic carbocycles. The number of nitrogens with one attached hydrogen (secondary N) is 2. The van der Waals surface area contributed by atoms with E-state index in [1.165, 1.54) is 13.3 Å². The predicted molar refractivity (Wildman–Crippen MR) is 128 cm³/mol. The highest BCUT2D eigenvalue weighted by Gasteiger charge is 2.14. The van der Waals surface area contributed by atoms with E-state index in [-0.39, 0.29) is 13.2 Å². The number of methoxy groups -OCH3 is 1. The van der Waals surface area contributed by atoms with Crippen LogP contribution in [0.3, 0.4) is 0 Å². The van der Waals surface area contributed by atoms with E-state index in [1.54, 1.807) is 36.4 Å². The highest BCUT2D eigenvalue weighted by molar-refractivity contribution is 6.36. The number of para-hydroxylation sites is 1. The summed E-state index contributed by atoms with van der Waals surface area (Å²) in [4.78, 5) is 24.0. The average molecular weight is 486 g/mol. The molecule has 0 unspecified atom stereocenters. The maximum absolute atomic E-state index is 12.0. The number of hydrogen-bond donors (Lipinski definition) is 2. The van der Waals surface area contributed by atoms with E-state index in [2.05, 4.69) is 15.8 Å². The molecule has 0 saturated heterocycles. The fraction of sp³-hybridized carbons (Fsp3) is 0.125. The number of ether oxygens (including phenoxy) is 2. The third-order valence-electron chi connectivity index (χ3n) is 4.52. The van der Waals surface area contributed by atoms with Crippen molar-refractivity contribution in [3.05, 3.63) is 93.5 Å². The normalized spacial score (nSPS) is 10.6. The Balaban J connectivity index is 1.65. The second-order valence-corrected chi connectivity index (χ2v) is 7.55. The summed E-state index contributed by atoms with van der Waals surface area (Å²) in [6.07, 6.45) is 1.36. The van der Waals surface area contributed by atoms with Crippen molar-refractivity contribution < 1.29 is 19.1 Å². The van der Waals surface area contributed by atoms with Gasteiger partial charge in [-0.25, -0.2) is 5.43 Å². The number of nitrogens with zero attached hydrogens (tertiary/aromatic N) is 1. The number of carbonyl (C=O) groups is 2. The van der Waals surface area contributed by atoms with Crippen LogP contribution in [0.1, 0.15) is 16.7 Å². The smallest absolute Gasteiger partial charge is 0.329 e. The molecule has 0 aliphatic carbocycles. The van der Waals surface area contributed by atoms with Crippen LogP contribution >= 0.6 is 23.2 Å². The first-order chi connectivity index (χ1) is 16.0. The molecule has 0 heterocycles. The molecule has 0 fully saturated rings. The summed E-state index contributed by atoms with van der Waals surface area (Å²) in [5.74, 6) is -0.863. The van der Waals surface area contributed by atoms with Gasteiger partial charge in [0.2, 0.25) is 0 Å². The Morgan fingerprint density at radius 1 is 0.939 bits per heavy atom. The Bertz CT molecular complexity index is 1130. The number of rotatable bonds is 8. The van der Waals surface area contributed by atoms with Gasteiger partial charge in [-0.15, -0.1) is 0 Å². The first-order valence-corrected chi connectivity index (χ1v) is 10.6. The van der Waals surface area contributed by atoms with Gasteiger partial charge in [0.15, 0.2) is 11.5 Å². The number of amides is 2. The van der Waals surface area contributed by atoms with Gasteiger partial charge in [0.1, 0.15) is 6.61 Å². The summed E-state index contributed by atoms with van der Waals surface area (Å²) >= 11 is 12.4. The van der Waals surface area contributed by atoms with Crippen molar-refractivity contribution in [2.75, 3.05) is 7.11 Å². The Morgan fingerprint density at radius 2 is 1.64 bits per heavy atom. The molecule has 33 heavy (non-hydrogen) atoms. The second kappa shape index (κ2) is 11.9. The van der Waals surface area contributed by atoms with Gasteiger partial charge in [-0.1, -0.05) is 65.7 Å². The highest BCUT2D eigenvalue weighted by atomic mass is 35.5. The first-order valence-electron chi connectivity index (χ1n) is 9.87. The van der Waals surface area contributed by atoms with Crippen molar-refractivity contribution in [3.63, 3.8) is 0 Å². The molecule has 9 heteroatoms. The van der Waals surface area contributed by atoms with Crippen LogP contribution in [0.25, 0.3) is 0 Å². The minimum absolute atomic E-state index is 0.0912. The molecule has 2 amide bonds. The molecule has 0 saturated carbocycles. The van der Waals surface area contributed by atoms with Crippen LogP contribution in [0.4, 0.5) is 0 Å². The molecule has 170 valence electrons. The molecule has 0 aliphatic rings. The Kier molecular flexibility index (Phi) is 8.69.